The molecule has 1 aromatic carbocycles. The molecule has 0 saturated heterocycles. The number of aryl methyl sites for hydroxylation is 1. The molecule has 7 nitrogen and oxygen atoms in total. The van der Waals surface area contributed by atoms with Gasteiger partial charge in [-0.3, -0.25) is 10.1 Å². The Bertz CT molecular complexity index is 721. The molecule has 7 heteroatoms. The summed E-state index contributed by atoms with van der Waals surface area (Å²) in [6.45, 7) is 1.85. The van der Waals surface area contributed by atoms with Crippen molar-refractivity contribution >= 4 is 23.0 Å². The van der Waals surface area contributed by atoms with Crippen LogP contribution in [0.4, 0.5) is 23.0 Å². The lowest BCUT2D eigenvalue weighted by Gasteiger charge is -2.09. The number of anilines is 3. The molecule has 0 unspecified atom stereocenters. The van der Waals surface area contributed by atoms with E-state index < -0.39 is 4.92 Å². The first kappa shape index (κ1) is 13.3. The number of nitrogens with zero attached hydrogens (tertiary/aromatic N) is 3. The maximum absolute atomic E-state index is 10.8. The summed E-state index contributed by atoms with van der Waals surface area (Å²) in [7, 11) is 0. The molecule has 2 aromatic rings. The van der Waals surface area contributed by atoms with E-state index in [-0.39, 0.29) is 17.3 Å². The third-order valence-corrected chi connectivity index (χ3v) is 2.67. The summed E-state index contributed by atoms with van der Waals surface area (Å²) in [5.74, 6) is 0.311. The standard InChI is InChI=1S/C13H11N5O2/c1-8-2-3-9(7-14)4-11(8)16-13-6-10(18(19)20)5-12(15)17-13/h2-6H,1H3,(H3,15,16,17). The Hall–Kier alpha value is -3.14. The van der Waals surface area contributed by atoms with Crippen molar-refractivity contribution in [3.8, 4) is 6.07 Å². The minimum absolute atomic E-state index is 0.0517. The fourth-order valence-corrected chi connectivity index (χ4v) is 1.67. The SMILES string of the molecule is Cc1ccc(C#N)cc1Nc1cc([N+](=O)[O-])cc(N)n1. The van der Waals surface area contributed by atoms with E-state index in [2.05, 4.69) is 10.3 Å². The van der Waals surface area contributed by atoms with Gasteiger partial charge in [0.15, 0.2) is 0 Å². The molecule has 0 amide bonds. The predicted octanol–water partition coefficient (Wildman–Crippen LogP) is 2.50. The van der Waals surface area contributed by atoms with E-state index in [1.165, 1.54) is 12.1 Å². The van der Waals surface area contributed by atoms with Crippen molar-refractivity contribution in [3.05, 3.63) is 51.6 Å². The van der Waals surface area contributed by atoms with Crippen molar-refractivity contribution in [2.45, 2.75) is 6.92 Å². The van der Waals surface area contributed by atoms with Gasteiger partial charge in [-0.05, 0) is 24.6 Å². The molecule has 20 heavy (non-hydrogen) atoms. The Balaban J connectivity index is 2.40. The molecule has 100 valence electrons. The van der Waals surface area contributed by atoms with Gasteiger partial charge in [0.25, 0.3) is 5.69 Å². The Morgan fingerprint density at radius 2 is 2.15 bits per heavy atom. The molecule has 1 heterocycles. The number of hydrogen-bond donors (Lipinski definition) is 2. The number of nitro groups is 1. The largest absolute Gasteiger partial charge is 0.383 e. The highest BCUT2D eigenvalue weighted by atomic mass is 16.6. The minimum atomic E-state index is -0.540. The molecule has 0 radical (unpaired) electrons. The lowest BCUT2D eigenvalue weighted by Crippen LogP contribution is -2.01. The second kappa shape index (κ2) is 5.24. The summed E-state index contributed by atoms with van der Waals surface area (Å²) in [4.78, 5) is 14.2. The summed E-state index contributed by atoms with van der Waals surface area (Å²) in [5.41, 5.74) is 7.41. The maximum Gasteiger partial charge on any atom is 0.276 e. The molecule has 0 bridgehead atoms. The van der Waals surface area contributed by atoms with Gasteiger partial charge in [0.2, 0.25) is 0 Å². The lowest BCUT2D eigenvalue weighted by atomic mass is 10.1. The van der Waals surface area contributed by atoms with Crippen LogP contribution in [0, 0.1) is 28.4 Å². The third kappa shape index (κ3) is 2.81. The average Bonchev–Trinajstić information content (AvgIpc) is 2.40. The van der Waals surface area contributed by atoms with Gasteiger partial charge in [0, 0.05) is 5.69 Å². The smallest absolute Gasteiger partial charge is 0.276 e. The molecule has 3 N–H and O–H groups in total. The van der Waals surface area contributed by atoms with E-state index in [4.69, 9.17) is 11.0 Å². The number of rotatable bonds is 3. The highest BCUT2D eigenvalue weighted by molar-refractivity contribution is 5.65. The number of pyridine rings is 1. The van der Waals surface area contributed by atoms with Gasteiger partial charge in [-0.15, -0.1) is 0 Å². The fourth-order valence-electron chi connectivity index (χ4n) is 1.67. The fraction of sp³-hybridized carbons (Fsp3) is 0.0769. The summed E-state index contributed by atoms with van der Waals surface area (Å²) in [5, 5.41) is 22.6. The topological polar surface area (TPSA) is 118 Å². The molecule has 0 fully saturated rings. The molecule has 2 rings (SSSR count). The molecule has 0 aliphatic carbocycles. The van der Waals surface area contributed by atoms with Crippen LogP contribution in [0.3, 0.4) is 0 Å². The van der Waals surface area contributed by atoms with Crippen LogP contribution in [-0.4, -0.2) is 9.91 Å². The third-order valence-electron chi connectivity index (χ3n) is 2.67. The number of benzene rings is 1. The number of nitrogen functional groups attached to an aromatic ring is 1. The van der Waals surface area contributed by atoms with Gasteiger partial charge in [0.05, 0.1) is 28.7 Å². The van der Waals surface area contributed by atoms with Crippen LogP contribution in [0.5, 0.6) is 0 Å². The van der Waals surface area contributed by atoms with Gasteiger partial charge in [-0.25, -0.2) is 4.98 Å². The summed E-state index contributed by atoms with van der Waals surface area (Å²) in [6.07, 6.45) is 0. The monoisotopic (exact) mass is 269 g/mol. The molecule has 0 aliphatic rings. The molecular weight excluding hydrogens is 258 g/mol. The minimum Gasteiger partial charge on any atom is -0.383 e. The zero-order valence-electron chi connectivity index (χ0n) is 10.6. The number of nitrogens with two attached hydrogens (primary N) is 1. The second-order valence-corrected chi connectivity index (χ2v) is 4.16. The molecule has 0 spiro atoms. The predicted molar refractivity (Wildman–Crippen MR) is 74.5 cm³/mol. The van der Waals surface area contributed by atoms with E-state index in [1.807, 2.05) is 13.0 Å². The Labute approximate surface area is 114 Å². The van der Waals surface area contributed by atoms with Gasteiger partial charge < -0.3 is 11.1 Å². The van der Waals surface area contributed by atoms with E-state index in [1.54, 1.807) is 18.2 Å². The van der Waals surface area contributed by atoms with E-state index >= 15 is 0 Å². The molecule has 0 saturated carbocycles. The van der Waals surface area contributed by atoms with Crippen LogP contribution < -0.4 is 11.1 Å². The zero-order chi connectivity index (χ0) is 14.7. The van der Waals surface area contributed by atoms with Crippen LogP contribution in [0.15, 0.2) is 30.3 Å². The summed E-state index contributed by atoms with van der Waals surface area (Å²) >= 11 is 0. The lowest BCUT2D eigenvalue weighted by molar-refractivity contribution is -0.384. The van der Waals surface area contributed by atoms with Crippen LogP contribution in [0.1, 0.15) is 11.1 Å². The van der Waals surface area contributed by atoms with Crippen molar-refractivity contribution in [2.24, 2.45) is 0 Å². The van der Waals surface area contributed by atoms with Crippen molar-refractivity contribution in [2.75, 3.05) is 11.1 Å². The van der Waals surface area contributed by atoms with Gasteiger partial charge >= 0.3 is 0 Å². The van der Waals surface area contributed by atoms with Gasteiger partial charge in [-0.1, -0.05) is 6.07 Å². The first-order chi connectivity index (χ1) is 9.49. The zero-order valence-corrected chi connectivity index (χ0v) is 10.6. The number of nitriles is 1. The van der Waals surface area contributed by atoms with Crippen molar-refractivity contribution in [3.63, 3.8) is 0 Å². The average molecular weight is 269 g/mol. The van der Waals surface area contributed by atoms with Crippen LogP contribution in [0.2, 0.25) is 0 Å². The van der Waals surface area contributed by atoms with Crippen molar-refractivity contribution in [1.82, 2.24) is 4.98 Å². The van der Waals surface area contributed by atoms with Crippen LogP contribution >= 0.6 is 0 Å². The Morgan fingerprint density at radius 3 is 2.80 bits per heavy atom. The maximum atomic E-state index is 10.8. The van der Waals surface area contributed by atoms with Gasteiger partial charge in [-0.2, -0.15) is 5.26 Å². The van der Waals surface area contributed by atoms with Crippen molar-refractivity contribution < 1.29 is 4.92 Å². The molecular formula is C13H11N5O2. The highest BCUT2D eigenvalue weighted by Crippen LogP contribution is 2.24. The van der Waals surface area contributed by atoms with E-state index in [0.717, 1.165) is 5.56 Å². The van der Waals surface area contributed by atoms with Gasteiger partial charge in [0.1, 0.15) is 11.6 Å². The normalized spacial score (nSPS) is 9.80. The van der Waals surface area contributed by atoms with E-state index in [0.29, 0.717) is 11.3 Å². The molecule has 1 aromatic heterocycles. The quantitative estimate of drug-likeness (QED) is 0.652. The Kier molecular flexibility index (Phi) is 3.48. The van der Waals surface area contributed by atoms with Crippen molar-refractivity contribution in [1.29, 1.82) is 5.26 Å². The molecule has 0 aliphatic heterocycles. The highest BCUT2D eigenvalue weighted by Gasteiger charge is 2.10. The number of nitrogens with one attached hydrogen (secondary N) is 1. The van der Waals surface area contributed by atoms with Crippen LogP contribution in [-0.2, 0) is 0 Å². The molecule has 0 atom stereocenters. The Morgan fingerprint density at radius 1 is 1.40 bits per heavy atom. The first-order valence-electron chi connectivity index (χ1n) is 5.69. The first-order valence-corrected chi connectivity index (χ1v) is 5.69. The second-order valence-electron chi connectivity index (χ2n) is 4.16. The summed E-state index contributed by atoms with van der Waals surface area (Å²) < 4.78 is 0. The van der Waals surface area contributed by atoms with Crippen LogP contribution in [0.25, 0.3) is 0 Å². The number of hydrogen-bond acceptors (Lipinski definition) is 6. The summed E-state index contributed by atoms with van der Waals surface area (Å²) in [6, 6.07) is 9.61. The van der Waals surface area contributed by atoms with E-state index in [9.17, 15) is 10.1 Å². The number of aromatic nitrogens is 1.